The average molecular weight is 216 g/mol. The molecular formula is C10H16O5. The van der Waals surface area contributed by atoms with Gasteiger partial charge in [0.2, 0.25) is 0 Å². The Hall–Kier alpha value is -1.10. The molecule has 2 N–H and O–H groups in total. The van der Waals surface area contributed by atoms with Crippen LogP contribution in [0.2, 0.25) is 0 Å². The predicted molar refractivity (Wildman–Crippen MR) is 51.6 cm³/mol. The van der Waals surface area contributed by atoms with E-state index in [-0.39, 0.29) is 18.9 Å². The molecule has 1 aliphatic carbocycles. The first-order valence-corrected chi connectivity index (χ1v) is 5.11. The molecule has 0 radical (unpaired) electrons. The van der Waals surface area contributed by atoms with Gasteiger partial charge in [0.05, 0.1) is 6.10 Å². The van der Waals surface area contributed by atoms with Crippen LogP contribution >= 0.6 is 0 Å². The van der Waals surface area contributed by atoms with Crippen molar-refractivity contribution in [1.29, 1.82) is 0 Å². The third kappa shape index (κ3) is 2.28. The summed E-state index contributed by atoms with van der Waals surface area (Å²) in [6.45, 7) is 2.61. The third-order valence-electron chi connectivity index (χ3n) is 2.82. The molecule has 5 heteroatoms. The quantitative estimate of drug-likeness (QED) is 0.513. The van der Waals surface area contributed by atoms with Gasteiger partial charge in [-0.1, -0.05) is 13.3 Å². The molecule has 0 amide bonds. The van der Waals surface area contributed by atoms with E-state index in [1.165, 1.54) is 0 Å². The molecule has 0 unspecified atom stereocenters. The Morgan fingerprint density at radius 1 is 1.33 bits per heavy atom. The highest BCUT2D eigenvalue weighted by Crippen LogP contribution is 2.43. The van der Waals surface area contributed by atoms with Crippen LogP contribution in [-0.2, 0) is 14.3 Å². The summed E-state index contributed by atoms with van der Waals surface area (Å²) >= 11 is 0. The highest BCUT2D eigenvalue weighted by atomic mass is 16.5. The molecule has 0 aromatic heterocycles. The molecule has 0 atom stereocenters. The molecule has 0 saturated heterocycles. The van der Waals surface area contributed by atoms with Gasteiger partial charge in [-0.25, -0.2) is 0 Å². The summed E-state index contributed by atoms with van der Waals surface area (Å²) in [5.74, 6) is -2.52. The van der Waals surface area contributed by atoms with Crippen LogP contribution in [-0.4, -0.2) is 34.9 Å². The first-order chi connectivity index (χ1) is 7.03. The fraction of sp³-hybridized carbons (Fsp3) is 0.800. The molecule has 5 nitrogen and oxygen atoms in total. The van der Waals surface area contributed by atoms with Crippen molar-refractivity contribution in [2.75, 3.05) is 6.61 Å². The van der Waals surface area contributed by atoms with Crippen LogP contribution in [0.1, 0.15) is 32.6 Å². The zero-order valence-corrected chi connectivity index (χ0v) is 8.73. The van der Waals surface area contributed by atoms with E-state index in [0.29, 0.717) is 6.61 Å². The molecule has 0 bridgehead atoms. The Bertz CT molecular complexity index is 239. The Kier molecular flexibility index (Phi) is 3.68. The minimum absolute atomic E-state index is 0.0847. The maximum Gasteiger partial charge on any atom is 0.321 e. The minimum atomic E-state index is -1.60. The highest BCUT2D eigenvalue weighted by Gasteiger charge is 2.57. The maximum atomic E-state index is 10.8. The molecule has 15 heavy (non-hydrogen) atoms. The normalized spacial score (nSPS) is 19.5. The minimum Gasteiger partial charge on any atom is -0.480 e. The molecule has 1 fully saturated rings. The van der Waals surface area contributed by atoms with Crippen molar-refractivity contribution in [3.8, 4) is 0 Å². The standard InChI is InChI=1S/C10H16O5/c1-2-3-4-15-7-5-10(6-7,8(11)12)9(13)14/h7H,2-6H2,1H3,(H,11,12)(H,13,14). The number of rotatable bonds is 6. The third-order valence-corrected chi connectivity index (χ3v) is 2.82. The topological polar surface area (TPSA) is 83.8 Å². The highest BCUT2D eigenvalue weighted by molar-refractivity contribution is 5.99. The van der Waals surface area contributed by atoms with Gasteiger partial charge in [-0.2, -0.15) is 0 Å². The van der Waals surface area contributed by atoms with Crippen molar-refractivity contribution < 1.29 is 24.5 Å². The van der Waals surface area contributed by atoms with Crippen LogP contribution in [0.4, 0.5) is 0 Å². The molecule has 1 aliphatic rings. The summed E-state index contributed by atoms with van der Waals surface area (Å²) in [5.41, 5.74) is -1.60. The van der Waals surface area contributed by atoms with E-state index in [1.54, 1.807) is 0 Å². The van der Waals surface area contributed by atoms with E-state index in [1.807, 2.05) is 6.92 Å². The Balaban J connectivity index is 2.38. The second kappa shape index (κ2) is 4.61. The fourth-order valence-electron chi connectivity index (χ4n) is 1.67. The summed E-state index contributed by atoms with van der Waals surface area (Å²) in [4.78, 5) is 21.6. The van der Waals surface area contributed by atoms with Crippen molar-refractivity contribution in [3.05, 3.63) is 0 Å². The molecular weight excluding hydrogens is 200 g/mol. The van der Waals surface area contributed by atoms with Gasteiger partial charge in [0.25, 0.3) is 0 Å². The SMILES string of the molecule is CCCCOC1CC(C(=O)O)(C(=O)O)C1. The van der Waals surface area contributed by atoms with E-state index in [2.05, 4.69) is 0 Å². The number of aliphatic carboxylic acids is 2. The molecule has 0 aromatic carbocycles. The summed E-state index contributed by atoms with van der Waals surface area (Å²) in [6, 6.07) is 0. The number of unbranched alkanes of at least 4 members (excludes halogenated alkanes) is 1. The van der Waals surface area contributed by atoms with Crippen molar-refractivity contribution in [1.82, 2.24) is 0 Å². The first kappa shape index (κ1) is 12.0. The van der Waals surface area contributed by atoms with Crippen LogP contribution in [0.25, 0.3) is 0 Å². The van der Waals surface area contributed by atoms with Crippen LogP contribution < -0.4 is 0 Å². The number of hydrogen-bond donors (Lipinski definition) is 2. The van der Waals surface area contributed by atoms with E-state index in [0.717, 1.165) is 12.8 Å². The fourth-order valence-corrected chi connectivity index (χ4v) is 1.67. The van der Waals surface area contributed by atoms with Gasteiger partial charge in [-0.05, 0) is 6.42 Å². The van der Waals surface area contributed by atoms with Crippen LogP contribution in [0, 0.1) is 5.41 Å². The second-order valence-corrected chi connectivity index (χ2v) is 3.95. The smallest absolute Gasteiger partial charge is 0.321 e. The first-order valence-electron chi connectivity index (χ1n) is 5.11. The van der Waals surface area contributed by atoms with Crippen molar-refractivity contribution >= 4 is 11.9 Å². The van der Waals surface area contributed by atoms with Gasteiger partial charge in [-0.3, -0.25) is 9.59 Å². The lowest BCUT2D eigenvalue weighted by molar-refractivity contribution is -0.184. The lowest BCUT2D eigenvalue weighted by atomic mass is 9.66. The molecule has 1 saturated carbocycles. The number of carboxylic acids is 2. The van der Waals surface area contributed by atoms with Crippen LogP contribution in [0.5, 0.6) is 0 Å². The number of hydrogen-bond acceptors (Lipinski definition) is 3. The van der Waals surface area contributed by atoms with Crippen molar-refractivity contribution in [3.63, 3.8) is 0 Å². The summed E-state index contributed by atoms with van der Waals surface area (Å²) in [7, 11) is 0. The van der Waals surface area contributed by atoms with Crippen molar-refractivity contribution in [2.24, 2.45) is 5.41 Å². The predicted octanol–water partition coefficient (Wildman–Crippen LogP) is 1.12. The molecule has 0 spiro atoms. The lowest BCUT2D eigenvalue weighted by Gasteiger charge is -2.40. The summed E-state index contributed by atoms with van der Waals surface area (Å²) in [5, 5.41) is 17.6. The van der Waals surface area contributed by atoms with E-state index < -0.39 is 17.4 Å². The van der Waals surface area contributed by atoms with E-state index in [4.69, 9.17) is 14.9 Å². The Morgan fingerprint density at radius 3 is 2.27 bits per heavy atom. The Labute approximate surface area is 88.0 Å². The van der Waals surface area contributed by atoms with Crippen LogP contribution in [0.3, 0.4) is 0 Å². The van der Waals surface area contributed by atoms with Gasteiger partial charge in [-0.15, -0.1) is 0 Å². The molecule has 0 aromatic rings. The number of carbonyl (C=O) groups is 2. The van der Waals surface area contributed by atoms with Gasteiger partial charge in [0, 0.05) is 19.4 Å². The Morgan fingerprint density at radius 2 is 1.87 bits per heavy atom. The van der Waals surface area contributed by atoms with Gasteiger partial charge in [0.1, 0.15) is 0 Å². The zero-order valence-electron chi connectivity index (χ0n) is 8.73. The van der Waals surface area contributed by atoms with Gasteiger partial charge in [0.15, 0.2) is 5.41 Å². The van der Waals surface area contributed by atoms with E-state index in [9.17, 15) is 9.59 Å². The molecule has 86 valence electrons. The average Bonchev–Trinajstić information content (AvgIpc) is 2.07. The maximum absolute atomic E-state index is 10.8. The summed E-state index contributed by atoms with van der Waals surface area (Å²) in [6.07, 6.45) is 1.89. The summed E-state index contributed by atoms with van der Waals surface area (Å²) < 4.78 is 5.35. The lowest BCUT2D eigenvalue weighted by Crippen LogP contribution is -2.53. The monoisotopic (exact) mass is 216 g/mol. The molecule has 1 rings (SSSR count). The largest absolute Gasteiger partial charge is 0.480 e. The van der Waals surface area contributed by atoms with Crippen LogP contribution in [0.15, 0.2) is 0 Å². The zero-order chi connectivity index (χ0) is 11.5. The molecule has 0 heterocycles. The van der Waals surface area contributed by atoms with Gasteiger partial charge < -0.3 is 14.9 Å². The van der Waals surface area contributed by atoms with E-state index >= 15 is 0 Å². The molecule has 0 aliphatic heterocycles. The van der Waals surface area contributed by atoms with Gasteiger partial charge >= 0.3 is 11.9 Å². The number of ether oxygens (including phenoxy) is 1. The number of carboxylic acid groups (broad SMARTS) is 2. The second-order valence-electron chi connectivity index (χ2n) is 3.95. The van der Waals surface area contributed by atoms with Crippen molar-refractivity contribution in [2.45, 2.75) is 38.7 Å².